The molecule has 1 aromatic carbocycles. The maximum absolute atomic E-state index is 14.5. The molecule has 1 saturated heterocycles. The standard InChI is InChI=1S/C26H28F3N3O7/c1-32(2)19-12-7-9-6-11-16(14(33)8-10(13-4-3-5-31-13)18(11)26(27,28)29)20(34)15(9)22(36)25(12,39)23(37)17(21(19)35)24(30)38/h8-9,12-13,19,31,33-34,37,39H,3-7H2,1-2H3,(H2,30,38)/t9-,12-,13-,19-,25-/m0/s1. The molecule has 0 unspecified atom stereocenters. The lowest BCUT2D eigenvalue weighted by Gasteiger charge is -2.50. The number of fused-ring (bicyclic) bond motifs is 3. The molecule has 1 heterocycles. The Kier molecular flexibility index (Phi) is 6.13. The van der Waals surface area contributed by atoms with Crippen LogP contribution < -0.4 is 11.1 Å². The number of nitrogens with one attached hydrogen (secondary N) is 1. The zero-order valence-corrected chi connectivity index (χ0v) is 21.1. The van der Waals surface area contributed by atoms with E-state index in [0.29, 0.717) is 19.4 Å². The molecule has 0 spiro atoms. The van der Waals surface area contributed by atoms with Gasteiger partial charge in [-0.3, -0.25) is 19.3 Å². The van der Waals surface area contributed by atoms with Crippen molar-refractivity contribution in [1.82, 2.24) is 10.2 Å². The van der Waals surface area contributed by atoms with Gasteiger partial charge in [0.1, 0.15) is 22.8 Å². The molecule has 210 valence electrons. The molecule has 10 nitrogen and oxygen atoms in total. The van der Waals surface area contributed by atoms with E-state index < -0.39 is 105 Å². The summed E-state index contributed by atoms with van der Waals surface area (Å²) in [6, 6.07) is -1.07. The molecule has 0 bridgehead atoms. The maximum atomic E-state index is 14.5. The van der Waals surface area contributed by atoms with E-state index in [4.69, 9.17) is 5.73 Å². The largest absolute Gasteiger partial charge is 0.508 e. The lowest BCUT2D eigenvalue weighted by atomic mass is 9.57. The van der Waals surface area contributed by atoms with Crippen molar-refractivity contribution in [2.24, 2.45) is 17.6 Å². The van der Waals surface area contributed by atoms with Crippen molar-refractivity contribution in [2.75, 3.05) is 20.6 Å². The molecule has 4 aliphatic rings. The number of aliphatic hydroxyl groups is 3. The second-order valence-electron chi connectivity index (χ2n) is 10.8. The number of likely N-dealkylation sites (N-methyl/N-ethyl adjacent to an activating group) is 1. The molecule has 1 saturated carbocycles. The van der Waals surface area contributed by atoms with Crippen LogP contribution in [0.1, 0.15) is 47.6 Å². The van der Waals surface area contributed by atoms with Gasteiger partial charge in [0.05, 0.1) is 17.2 Å². The highest BCUT2D eigenvalue weighted by Crippen LogP contribution is 2.55. The molecule has 2 fully saturated rings. The Hall–Kier alpha value is -3.42. The first-order chi connectivity index (χ1) is 18.1. The van der Waals surface area contributed by atoms with E-state index in [1.54, 1.807) is 0 Å². The molecule has 13 heteroatoms. The van der Waals surface area contributed by atoms with E-state index in [0.717, 1.165) is 6.07 Å². The fourth-order valence-electron chi connectivity index (χ4n) is 6.91. The van der Waals surface area contributed by atoms with Gasteiger partial charge >= 0.3 is 6.18 Å². The Bertz CT molecular complexity index is 1380. The molecule has 3 aliphatic carbocycles. The van der Waals surface area contributed by atoms with Gasteiger partial charge in [0, 0.05) is 17.5 Å². The number of ketones is 2. The van der Waals surface area contributed by atoms with Gasteiger partial charge in [0.25, 0.3) is 5.91 Å². The van der Waals surface area contributed by atoms with Crippen LogP contribution in [0.4, 0.5) is 13.2 Å². The van der Waals surface area contributed by atoms with Crippen LogP contribution in [-0.2, 0) is 27.0 Å². The SMILES string of the molecule is CN(C)[C@@H]1C(=O)C(C(N)=O)=C(O)[C@@]2(O)C(=O)C3=C(O)c4c(O)cc([C@@H]5CCCN5)c(C(F)(F)F)c4C[C@H]3C[C@@H]12. The molecular formula is C26H28F3N3O7. The van der Waals surface area contributed by atoms with Gasteiger partial charge in [-0.2, -0.15) is 13.2 Å². The second kappa shape index (κ2) is 8.80. The highest BCUT2D eigenvalue weighted by molar-refractivity contribution is 6.24. The molecule has 1 aromatic rings. The number of benzene rings is 1. The summed E-state index contributed by atoms with van der Waals surface area (Å²) in [6.07, 6.45) is -4.55. The predicted octanol–water partition coefficient (Wildman–Crippen LogP) is 1.41. The van der Waals surface area contributed by atoms with Crippen molar-refractivity contribution < 1.29 is 48.0 Å². The van der Waals surface area contributed by atoms with E-state index >= 15 is 0 Å². The molecule has 5 rings (SSSR count). The number of halogens is 3. The van der Waals surface area contributed by atoms with Gasteiger partial charge in [-0.05, 0) is 69.4 Å². The Labute approximate surface area is 220 Å². The van der Waals surface area contributed by atoms with Crippen LogP contribution in [0, 0.1) is 11.8 Å². The fourth-order valence-corrected chi connectivity index (χ4v) is 6.91. The number of carbonyl (C=O) groups is 3. The highest BCUT2D eigenvalue weighted by Gasteiger charge is 2.64. The summed E-state index contributed by atoms with van der Waals surface area (Å²) < 4.78 is 43.6. The number of aliphatic hydroxyl groups excluding tert-OH is 2. The first-order valence-corrected chi connectivity index (χ1v) is 12.5. The van der Waals surface area contributed by atoms with Gasteiger partial charge in [-0.1, -0.05) is 0 Å². The van der Waals surface area contributed by atoms with Gasteiger partial charge in [-0.25, -0.2) is 0 Å². The zero-order chi connectivity index (χ0) is 28.8. The number of hydrogen-bond donors (Lipinski definition) is 6. The fraction of sp³-hybridized carbons (Fsp3) is 0.500. The lowest BCUT2D eigenvalue weighted by Crippen LogP contribution is -2.65. The Morgan fingerprint density at radius 3 is 2.41 bits per heavy atom. The van der Waals surface area contributed by atoms with Crippen molar-refractivity contribution in [3.63, 3.8) is 0 Å². The first kappa shape index (κ1) is 27.2. The molecule has 5 atom stereocenters. The van der Waals surface area contributed by atoms with Crippen molar-refractivity contribution >= 4 is 23.2 Å². The normalized spacial score (nSPS) is 30.9. The highest BCUT2D eigenvalue weighted by atomic mass is 19.4. The minimum Gasteiger partial charge on any atom is -0.508 e. The summed E-state index contributed by atoms with van der Waals surface area (Å²) in [5.41, 5.74) is -1.21. The number of carbonyl (C=O) groups excluding carboxylic acids is 3. The summed E-state index contributed by atoms with van der Waals surface area (Å²) in [5.74, 6) is -8.96. The number of aromatic hydroxyl groups is 1. The third-order valence-electron chi connectivity index (χ3n) is 8.47. The van der Waals surface area contributed by atoms with E-state index in [9.17, 15) is 48.0 Å². The summed E-state index contributed by atoms with van der Waals surface area (Å²) in [7, 11) is 2.88. The molecule has 0 radical (unpaired) electrons. The summed E-state index contributed by atoms with van der Waals surface area (Å²) in [4.78, 5) is 40.3. The summed E-state index contributed by atoms with van der Waals surface area (Å²) >= 11 is 0. The monoisotopic (exact) mass is 551 g/mol. The Balaban J connectivity index is 1.76. The van der Waals surface area contributed by atoms with Crippen molar-refractivity contribution in [3.8, 4) is 5.75 Å². The Morgan fingerprint density at radius 2 is 1.87 bits per heavy atom. The molecule has 0 aromatic heterocycles. The van der Waals surface area contributed by atoms with E-state index in [2.05, 4.69) is 5.32 Å². The molecular weight excluding hydrogens is 523 g/mol. The minimum absolute atomic E-state index is 0.170. The number of nitrogens with zero attached hydrogens (tertiary/aromatic N) is 1. The topological polar surface area (TPSA) is 173 Å². The first-order valence-electron chi connectivity index (χ1n) is 12.5. The third-order valence-corrected chi connectivity index (χ3v) is 8.47. The molecule has 1 amide bonds. The van der Waals surface area contributed by atoms with Crippen LogP contribution in [0.3, 0.4) is 0 Å². The maximum Gasteiger partial charge on any atom is 0.417 e. The van der Waals surface area contributed by atoms with Crippen LogP contribution in [0.15, 0.2) is 23.0 Å². The van der Waals surface area contributed by atoms with Crippen LogP contribution in [0.2, 0.25) is 0 Å². The van der Waals surface area contributed by atoms with Crippen LogP contribution >= 0.6 is 0 Å². The number of phenolic OH excluding ortho intramolecular Hbond substituents is 1. The third kappa shape index (κ3) is 3.70. The number of rotatable bonds is 3. The van der Waals surface area contributed by atoms with Crippen molar-refractivity contribution in [3.05, 3.63) is 45.2 Å². The average Bonchev–Trinajstić information content (AvgIpc) is 3.34. The van der Waals surface area contributed by atoms with Crippen molar-refractivity contribution in [1.29, 1.82) is 0 Å². The van der Waals surface area contributed by atoms with Crippen LogP contribution in [0.25, 0.3) is 5.76 Å². The number of primary amides is 1. The zero-order valence-electron chi connectivity index (χ0n) is 21.1. The summed E-state index contributed by atoms with van der Waals surface area (Å²) in [5, 5.41) is 47.4. The number of Topliss-reactive ketones (excluding diaryl/α,β-unsaturated/α-hetero) is 2. The molecule has 7 N–H and O–H groups in total. The van der Waals surface area contributed by atoms with Crippen LogP contribution in [0.5, 0.6) is 5.75 Å². The van der Waals surface area contributed by atoms with Gasteiger partial charge in [-0.15, -0.1) is 0 Å². The number of alkyl halides is 3. The van der Waals surface area contributed by atoms with Crippen molar-refractivity contribution in [2.45, 2.75) is 49.5 Å². The Morgan fingerprint density at radius 1 is 1.21 bits per heavy atom. The number of phenols is 1. The van der Waals surface area contributed by atoms with Gasteiger partial charge in [0.2, 0.25) is 5.78 Å². The summed E-state index contributed by atoms with van der Waals surface area (Å²) in [6.45, 7) is 0.497. The van der Waals surface area contributed by atoms with E-state index in [1.165, 1.54) is 19.0 Å². The number of hydrogen-bond acceptors (Lipinski definition) is 9. The van der Waals surface area contributed by atoms with Gasteiger partial charge < -0.3 is 31.5 Å². The molecule has 1 aliphatic heterocycles. The number of amides is 1. The minimum atomic E-state index is -4.86. The lowest BCUT2D eigenvalue weighted by molar-refractivity contribution is -0.153. The average molecular weight is 552 g/mol. The van der Waals surface area contributed by atoms with Gasteiger partial charge in [0.15, 0.2) is 11.4 Å². The van der Waals surface area contributed by atoms with Crippen LogP contribution in [-0.4, -0.2) is 75.1 Å². The van der Waals surface area contributed by atoms with E-state index in [1.807, 2.05) is 0 Å². The molecule has 39 heavy (non-hydrogen) atoms. The smallest absolute Gasteiger partial charge is 0.417 e. The second-order valence-corrected chi connectivity index (χ2v) is 10.8. The predicted molar refractivity (Wildman–Crippen MR) is 129 cm³/mol. The van der Waals surface area contributed by atoms with E-state index in [-0.39, 0.29) is 12.0 Å². The quantitative estimate of drug-likeness (QED) is 0.304. The number of nitrogens with two attached hydrogens (primary N) is 1.